The molecule has 0 bridgehead atoms. The minimum Gasteiger partial charge on any atom is -0.473 e. The van der Waals surface area contributed by atoms with Gasteiger partial charge >= 0.3 is 11.9 Å². The lowest BCUT2D eigenvalue weighted by molar-refractivity contribution is -0.159. The first kappa shape index (κ1) is 21.5. The van der Waals surface area contributed by atoms with E-state index < -0.39 is 11.9 Å². The second-order valence-corrected chi connectivity index (χ2v) is 6.48. The first-order chi connectivity index (χ1) is 12.3. The van der Waals surface area contributed by atoms with Crippen LogP contribution in [0.25, 0.3) is 5.57 Å². The first-order valence-electron chi connectivity index (χ1n) is 7.78. The van der Waals surface area contributed by atoms with E-state index in [0.717, 1.165) is 23.0 Å². The van der Waals surface area contributed by atoms with Crippen molar-refractivity contribution in [1.29, 1.82) is 0 Å². The molecule has 138 valence electrons. The predicted molar refractivity (Wildman–Crippen MR) is 104 cm³/mol. The summed E-state index contributed by atoms with van der Waals surface area (Å²) in [6.45, 7) is 1.04. The van der Waals surface area contributed by atoms with Gasteiger partial charge in [-0.25, -0.2) is 9.59 Å². The third kappa shape index (κ3) is 8.04. The van der Waals surface area contributed by atoms with E-state index in [-0.39, 0.29) is 0 Å². The zero-order chi connectivity index (χ0) is 19.5. The summed E-state index contributed by atoms with van der Waals surface area (Å²) in [4.78, 5) is 24.6. The number of carboxylic acids is 2. The van der Waals surface area contributed by atoms with Crippen molar-refractivity contribution in [1.82, 2.24) is 9.88 Å². The van der Waals surface area contributed by atoms with Gasteiger partial charge in [0.2, 0.25) is 0 Å². The second-order valence-electron chi connectivity index (χ2n) is 5.57. The largest absolute Gasteiger partial charge is 0.473 e. The summed E-state index contributed by atoms with van der Waals surface area (Å²) in [6, 6.07) is 12.5. The Morgan fingerprint density at radius 1 is 1.08 bits per heavy atom. The number of nitrogens with zero attached hydrogens (tertiary/aromatic N) is 2. The lowest BCUT2D eigenvalue weighted by Gasteiger charge is -2.11. The summed E-state index contributed by atoms with van der Waals surface area (Å²) in [7, 11) is 4.19. The Hall–Kier alpha value is -2.51. The van der Waals surface area contributed by atoms with Gasteiger partial charge in [0.25, 0.3) is 0 Å². The monoisotopic (exact) mass is 420 g/mol. The maximum absolute atomic E-state index is 9.10. The van der Waals surface area contributed by atoms with Crippen molar-refractivity contribution in [2.24, 2.45) is 0 Å². The van der Waals surface area contributed by atoms with E-state index in [1.54, 1.807) is 0 Å². The molecule has 2 rings (SSSR count). The molecule has 7 heteroatoms. The fourth-order valence-electron chi connectivity index (χ4n) is 2.02. The Kier molecular flexibility index (Phi) is 9.25. The number of halogens is 1. The predicted octanol–water partition coefficient (Wildman–Crippen LogP) is 3.38. The highest BCUT2D eigenvalue weighted by Crippen LogP contribution is 2.24. The minimum absolute atomic E-state index is 1.02. The number of aliphatic carboxylic acids is 2. The van der Waals surface area contributed by atoms with Crippen LogP contribution in [-0.2, 0) is 9.59 Å². The molecule has 1 heterocycles. The molecule has 2 aromatic rings. The molecule has 0 aliphatic carbocycles. The van der Waals surface area contributed by atoms with Crippen molar-refractivity contribution in [3.8, 4) is 0 Å². The number of carboxylic acid groups (broad SMARTS) is 2. The standard InChI is InChI=1S/C17H19BrN2.C2H2O4/c1-20(2)12-4-6-17(15-5-3-11-19-13-15)14-7-9-16(18)10-8-14;3-1(4)2(5)6/h3,5-11,13H,4,12H2,1-2H3;(H,3,4)(H,5,6)/b17-6+;. The highest BCUT2D eigenvalue weighted by molar-refractivity contribution is 9.10. The Balaban J connectivity index is 0.000000487. The number of aromatic nitrogens is 1. The van der Waals surface area contributed by atoms with Crippen molar-refractivity contribution in [3.05, 3.63) is 70.5 Å². The highest BCUT2D eigenvalue weighted by Gasteiger charge is 2.05. The summed E-state index contributed by atoms with van der Waals surface area (Å²) in [5.74, 6) is -3.65. The molecule has 0 saturated heterocycles. The fourth-order valence-corrected chi connectivity index (χ4v) is 2.29. The van der Waals surface area contributed by atoms with Gasteiger partial charge in [-0.3, -0.25) is 4.98 Å². The number of hydrogen-bond acceptors (Lipinski definition) is 4. The van der Waals surface area contributed by atoms with Crippen LogP contribution in [0.3, 0.4) is 0 Å². The quantitative estimate of drug-likeness (QED) is 0.720. The van der Waals surface area contributed by atoms with Crippen LogP contribution in [0, 0.1) is 0 Å². The Bertz CT molecular complexity index is 732. The summed E-state index contributed by atoms with van der Waals surface area (Å²) in [5, 5.41) is 14.8. The van der Waals surface area contributed by atoms with E-state index in [0.29, 0.717) is 0 Å². The molecule has 0 saturated carbocycles. The van der Waals surface area contributed by atoms with E-state index >= 15 is 0 Å². The van der Waals surface area contributed by atoms with E-state index in [2.05, 4.69) is 76.3 Å². The number of rotatable bonds is 5. The van der Waals surface area contributed by atoms with Gasteiger partial charge in [0.1, 0.15) is 0 Å². The first-order valence-corrected chi connectivity index (χ1v) is 8.58. The summed E-state index contributed by atoms with van der Waals surface area (Å²) in [6.07, 6.45) is 7.04. The molecule has 1 aromatic carbocycles. The van der Waals surface area contributed by atoms with E-state index in [1.807, 2.05) is 18.5 Å². The molecule has 6 nitrogen and oxygen atoms in total. The lowest BCUT2D eigenvalue weighted by atomic mass is 9.98. The van der Waals surface area contributed by atoms with Gasteiger partial charge in [-0.15, -0.1) is 0 Å². The van der Waals surface area contributed by atoms with E-state index in [4.69, 9.17) is 19.8 Å². The zero-order valence-electron chi connectivity index (χ0n) is 14.6. The van der Waals surface area contributed by atoms with Gasteiger partial charge < -0.3 is 15.1 Å². The van der Waals surface area contributed by atoms with Gasteiger partial charge in [-0.05, 0) is 49.9 Å². The van der Waals surface area contributed by atoms with Gasteiger partial charge in [0.15, 0.2) is 0 Å². The Morgan fingerprint density at radius 2 is 1.69 bits per heavy atom. The Labute approximate surface area is 160 Å². The molecule has 0 amide bonds. The minimum atomic E-state index is -1.82. The van der Waals surface area contributed by atoms with Crippen molar-refractivity contribution < 1.29 is 19.8 Å². The Morgan fingerprint density at radius 3 is 2.15 bits per heavy atom. The summed E-state index contributed by atoms with van der Waals surface area (Å²) in [5.41, 5.74) is 3.63. The van der Waals surface area contributed by atoms with Crippen molar-refractivity contribution in [2.75, 3.05) is 20.6 Å². The second kappa shape index (κ2) is 11.2. The van der Waals surface area contributed by atoms with Crippen LogP contribution in [0.15, 0.2) is 59.3 Å². The smallest absolute Gasteiger partial charge is 0.414 e. The third-order valence-corrected chi connectivity index (χ3v) is 3.76. The number of carbonyl (C=O) groups is 2. The lowest BCUT2D eigenvalue weighted by Crippen LogP contribution is -2.12. The number of benzene rings is 1. The van der Waals surface area contributed by atoms with Crippen LogP contribution in [0.2, 0.25) is 0 Å². The number of hydrogen-bond donors (Lipinski definition) is 2. The van der Waals surface area contributed by atoms with Crippen LogP contribution in [0.5, 0.6) is 0 Å². The van der Waals surface area contributed by atoms with E-state index in [1.165, 1.54) is 11.1 Å². The molecular formula is C19H21BrN2O4. The van der Waals surface area contributed by atoms with Crippen LogP contribution in [0.4, 0.5) is 0 Å². The highest BCUT2D eigenvalue weighted by atomic mass is 79.9. The van der Waals surface area contributed by atoms with Crippen LogP contribution < -0.4 is 0 Å². The number of pyridine rings is 1. The zero-order valence-corrected chi connectivity index (χ0v) is 16.2. The van der Waals surface area contributed by atoms with Crippen molar-refractivity contribution >= 4 is 33.4 Å². The van der Waals surface area contributed by atoms with Crippen molar-refractivity contribution in [3.63, 3.8) is 0 Å². The van der Waals surface area contributed by atoms with Crippen molar-refractivity contribution in [2.45, 2.75) is 6.42 Å². The maximum atomic E-state index is 9.10. The molecule has 0 radical (unpaired) electrons. The third-order valence-electron chi connectivity index (χ3n) is 3.24. The van der Waals surface area contributed by atoms with Gasteiger partial charge in [0.05, 0.1) is 0 Å². The molecule has 0 aliphatic rings. The molecule has 1 aromatic heterocycles. The van der Waals surface area contributed by atoms with Crippen LogP contribution in [0.1, 0.15) is 17.5 Å². The van der Waals surface area contributed by atoms with E-state index in [9.17, 15) is 0 Å². The molecule has 0 unspecified atom stereocenters. The van der Waals surface area contributed by atoms with Crippen LogP contribution >= 0.6 is 15.9 Å². The summed E-state index contributed by atoms with van der Waals surface area (Å²) < 4.78 is 1.10. The topological polar surface area (TPSA) is 90.7 Å². The summed E-state index contributed by atoms with van der Waals surface area (Å²) >= 11 is 3.48. The molecule has 0 atom stereocenters. The van der Waals surface area contributed by atoms with Gasteiger partial charge in [-0.2, -0.15) is 0 Å². The average molecular weight is 421 g/mol. The molecule has 0 fully saturated rings. The SMILES string of the molecule is CN(C)CC/C=C(\c1ccc(Br)cc1)c1cccnc1.O=C(O)C(=O)O. The van der Waals surface area contributed by atoms with Crippen LogP contribution in [-0.4, -0.2) is 52.7 Å². The normalized spacial score (nSPS) is 10.8. The molecule has 2 N–H and O–H groups in total. The molecule has 0 spiro atoms. The molecule has 0 aliphatic heterocycles. The fraction of sp³-hybridized carbons (Fsp3) is 0.211. The maximum Gasteiger partial charge on any atom is 0.414 e. The van der Waals surface area contributed by atoms with Gasteiger partial charge in [-0.1, -0.05) is 40.2 Å². The van der Waals surface area contributed by atoms with Gasteiger partial charge in [0, 0.05) is 29.0 Å². The molecule has 26 heavy (non-hydrogen) atoms. The molecular weight excluding hydrogens is 400 g/mol. The average Bonchev–Trinajstić information content (AvgIpc) is 2.61.